The first kappa shape index (κ1) is 19.2. The molecule has 1 fully saturated rings. The van der Waals surface area contributed by atoms with Gasteiger partial charge >= 0.3 is 6.03 Å². The number of amides is 2. The second-order valence-electron chi connectivity index (χ2n) is 6.80. The van der Waals surface area contributed by atoms with Crippen LogP contribution in [-0.2, 0) is 10.0 Å². The van der Waals surface area contributed by atoms with Crippen LogP contribution >= 0.6 is 0 Å². The summed E-state index contributed by atoms with van der Waals surface area (Å²) >= 11 is 0. The molecule has 0 bridgehead atoms. The minimum atomic E-state index is -3.80. The van der Waals surface area contributed by atoms with Gasteiger partial charge in [0, 0.05) is 31.0 Å². The number of urea groups is 1. The van der Waals surface area contributed by atoms with E-state index in [1.807, 2.05) is 12.1 Å². The lowest BCUT2D eigenvalue weighted by Crippen LogP contribution is -2.34. The van der Waals surface area contributed by atoms with Gasteiger partial charge in [-0.05, 0) is 49.1 Å². The molecule has 0 radical (unpaired) electrons. The number of anilines is 2. The van der Waals surface area contributed by atoms with Gasteiger partial charge in [-0.25, -0.2) is 18.4 Å². The second kappa shape index (κ2) is 7.98. The third-order valence-electron chi connectivity index (χ3n) is 4.71. The number of benzene rings is 2. The van der Waals surface area contributed by atoms with Crippen molar-refractivity contribution in [3.8, 4) is 0 Å². The molecule has 0 saturated carbocycles. The number of carbonyl (C=O) groups excluding carboxylic acids is 1. The van der Waals surface area contributed by atoms with Gasteiger partial charge in [-0.2, -0.15) is 0 Å². The van der Waals surface area contributed by atoms with Crippen molar-refractivity contribution in [2.75, 3.05) is 29.9 Å². The number of hydrogen-bond donors (Lipinski definition) is 3. The maximum atomic E-state index is 12.1. The lowest BCUT2D eigenvalue weighted by Gasteiger charge is -2.21. The van der Waals surface area contributed by atoms with Crippen LogP contribution in [0.3, 0.4) is 0 Å². The maximum Gasteiger partial charge on any atom is 0.319 e. The zero-order valence-corrected chi connectivity index (χ0v) is 16.0. The van der Waals surface area contributed by atoms with Gasteiger partial charge in [0.25, 0.3) is 0 Å². The van der Waals surface area contributed by atoms with Crippen LogP contribution in [-0.4, -0.2) is 34.1 Å². The fourth-order valence-corrected chi connectivity index (χ4v) is 3.86. The zero-order chi connectivity index (χ0) is 19.4. The van der Waals surface area contributed by atoms with E-state index < -0.39 is 10.0 Å². The molecule has 1 saturated heterocycles. The summed E-state index contributed by atoms with van der Waals surface area (Å²) in [4.78, 5) is 14.4. The fourth-order valence-electron chi connectivity index (χ4n) is 3.30. The molecule has 3 rings (SSSR count). The number of hydrogen-bond acceptors (Lipinski definition) is 4. The molecule has 1 heterocycles. The predicted molar refractivity (Wildman–Crippen MR) is 106 cm³/mol. The van der Waals surface area contributed by atoms with Gasteiger partial charge in [-0.3, -0.25) is 0 Å². The molecule has 27 heavy (non-hydrogen) atoms. The van der Waals surface area contributed by atoms with E-state index in [1.54, 1.807) is 6.07 Å². The summed E-state index contributed by atoms with van der Waals surface area (Å²) in [5, 5.41) is 10.6. The van der Waals surface area contributed by atoms with E-state index in [0.29, 0.717) is 18.2 Å². The van der Waals surface area contributed by atoms with Gasteiger partial charge in [0.1, 0.15) is 0 Å². The van der Waals surface area contributed by atoms with Crippen molar-refractivity contribution in [3.63, 3.8) is 0 Å². The van der Waals surface area contributed by atoms with E-state index in [9.17, 15) is 13.2 Å². The van der Waals surface area contributed by atoms with Crippen molar-refractivity contribution in [1.82, 2.24) is 5.32 Å². The standard InChI is InChI=1S/C19H24N4O3S/c1-14-5-2-3-8-18(14)23-10-9-15(13-23)12-21-19(24)22-16-6-4-7-17(11-16)27(20,25)26/h2-8,11,15H,9-10,12-13H2,1H3,(H2,20,25,26)(H2,21,22,24)/t15-/m0/s1. The maximum absolute atomic E-state index is 12.1. The highest BCUT2D eigenvalue weighted by Crippen LogP contribution is 2.26. The minimum Gasteiger partial charge on any atom is -0.371 e. The normalized spacial score (nSPS) is 17.0. The first-order valence-electron chi connectivity index (χ1n) is 8.81. The lowest BCUT2D eigenvalue weighted by atomic mass is 10.1. The second-order valence-corrected chi connectivity index (χ2v) is 8.36. The molecule has 1 atom stereocenters. The molecule has 1 aliphatic rings. The average Bonchev–Trinajstić information content (AvgIpc) is 3.09. The topological polar surface area (TPSA) is 105 Å². The Hall–Kier alpha value is -2.58. The molecule has 0 unspecified atom stereocenters. The molecule has 7 nitrogen and oxygen atoms in total. The molecule has 1 aliphatic heterocycles. The number of para-hydroxylation sites is 1. The highest BCUT2D eigenvalue weighted by atomic mass is 32.2. The Kier molecular flexibility index (Phi) is 5.67. The summed E-state index contributed by atoms with van der Waals surface area (Å²) in [7, 11) is -3.80. The van der Waals surface area contributed by atoms with Crippen LogP contribution in [0.5, 0.6) is 0 Å². The van der Waals surface area contributed by atoms with Crippen LogP contribution in [0.1, 0.15) is 12.0 Å². The SMILES string of the molecule is Cc1ccccc1N1CC[C@@H](CNC(=O)Nc2cccc(S(N)(=O)=O)c2)C1. The Labute approximate surface area is 159 Å². The molecule has 2 aromatic carbocycles. The minimum absolute atomic E-state index is 0.0371. The van der Waals surface area contributed by atoms with E-state index >= 15 is 0 Å². The Morgan fingerprint density at radius 2 is 2.00 bits per heavy atom. The molecule has 0 aromatic heterocycles. The molecular weight excluding hydrogens is 364 g/mol. The van der Waals surface area contributed by atoms with Gasteiger partial charge in [0.05, 0.1) is 4.90 Å². The van der Waals surface area contributed by atoms with Crippen molar-refractivity contribution in [1.29, 1.82) is 0 Å². The van der Waals surface area contributed by atoms with Crippen molar-refractivity contribution in [3.05, 3.63) is 54.1 Å². The lowest BCUT2D eigenvalue weighted by molar-refractivity contribution is 0.250. The number of carbonyl (C=O) groups is 1. The van der Waals surface area contributed by atoms with Gasteiger partial charge in [0.2, 0.25) is 10.0 Å². The Morgan fingerprint density at radius 1 is 1.22 bits per heavy atom. The third kappa shape index (κ3) is 4.99. The third-order valence-corrected chi connectivity index (χ3v) is 5.62. The fraction of sp³-hybridized carbons (Fsp3) is 0.316. The van der Waals surface area contributed by atoms with E-state index in [0.717, 1.165) is 19.5 Å². The van der Waals surface area contributed by atoms with Gasteiger partial charge in [-0.1, -0.05) is 24.3 Å². The van der Waals surface area contributed by atoms with Gasteiger partial charge in [-0.15, -0.1) is 0 Å². The number of nitrogens with two attached hydrogens (primary N) is 1. The monoisotopic (exact) mass is 388 g/mol. The zero-order valence-electron chi connectivity index (χ0n) is 15.2. The quantitative estimate of drug-likeness (QED) is 0.731. The first-order chi connectivity index (χ1) is 12.8. The van der Waals surface area contributed by atoms with Crippen LogP contribution in [0.4, 0.5) is 16.2 Å². The van der Waals surface area contributed by atoms with Crippen molar-refractivity contribution in [2.24, 2.45) is 11.1 Å². The molecule has 8 heteroatoms. The number of sulfonamides is 1. The van der Waals surface area contributed by atoms with Crippen molar-refractivity contribution < 1.29 is 13.2 Å². The summed E-state index contributed by atoms with van der Waals surface area (Å²) < 4.78 is 22.8. The van der Waals surface area contributed by atoms with Gasteiger partial charge in [0.15, 0.2) is 0 Å². The van der Waals surface area contributed by atoms with Crippen LogP contribution in [0.2, 0.25) is 0 Å². The molecular formula is C19H24N4O3S. The summed E-state index contributed by atoms with van der Waals surface area (Å²) in [5.41, 5.74) is 2.87. The number of nitrogens with zero attached hydrogens (tertiary/aromatic N) is 1. The summed E-state index contributed by atoms with van der Waals surface area (Å²) in [6.07, 6.45) is 1.01. The Morgan fingerprint density at radius 3 is 2.74 bits per heavy atom. The predicted octanol–water partition coefficient (Wildman–Crippen LogP) is 2.29. The Balaban J connectivity index is 1.51. The number of rotatable bonds is 5. The summed E-state index contributed by atoms with van der Waals surface area (Å²) in [6.45, 7) is 4.52. The van der Waals surface area contributed by atoms with Crippen LogP contribution in [0.25, 0.3) is 0 Å². The number of primary sulfonamides is 1. The van der Waals surface area contributed by atoms with E-state index in [1.165, 1.54) is 29.4 Å². The van der Waals surface area contributed by atoms with Crippen LogP contribution < -0.4 is 20.7 Å². The van der Waals surface area contributed by atoms with E-state index in [-0.39, 0.29) is 10.9 Å². The van der Waals surface area contributed by atoms with Crippen molar-refractivity contribution >= 4 is 27.4 Å². The molecule has 0 aliphatic carbocycles. The first-order valence-corrected chi connectivity index (χ1v) is 10.4. The molecule has 2 aromatic rings. The Bertz CT molecular complexity index is 930. The highest BCUT2D eigenvalue weighted by Gasteiger charge is 2.23. The average molecular weight is 388 g/mol. The highest BCUT2D eigenvalue weighted by molar-refractivity contribution is 7.89. The van der Waals surface area contributed by atoms with E-state index in [2.05, 4.69) is 34.6 Å². The molecule has 2 amide bonds. The van der Waals surface area contributed by atoms with Gasteiger partial charge < -0.3 is 15.5 Å². The van der Waals surface area contributed by atoms with Crippen LogP contribution in [0.15, 0.2) is 53.4 Å². The molecule has 144 valence electrons. The smallest absolute Gasteiger partial charge is 0.319 e. The molecule has 4 N–H and O–H groups in total. The number of nitrogens with one attached hydrogen (secondary N) is 2. The summed E-state index contributed by atoms with van der Waals surface area (Å²) in [5.74, 6) is 0.367. The van der Waals surface area contributed by atoms with Crippen molar-refractivity contribution in [2.45, 2.75) is 18.2 Å². The summed E-state index contributed by atoms with van der Waals surface area (Å²) in [6, 6.07) is 13.8. The largest absolute Gasteiger partial charge is 0.371 e. The van der Waals surface area contributed by atoms with Crippen LogP contribution in [0, 0.1) is 12.8 Å². The number of aryl methyl sites for hydroxylation is 1. The molecule has 0 spiro atoms. The van der Waals surface area contributed by atoms with E-state index in [4.69, 9.17) is 5.14 Å².